The first-order chi connectivity index (χ1) is 9.77. The molecule has 104 valence electrons. The molecule has 5 heteroatoms. The SMILES string of the molecule is CCCn1c(SCCCC#N)nc2ccccc2c1=O. The number of nitrogens with zero attached hydrogens (tertiary/aromatic N) is 3. The molecule has 4 nitrogen and oxygen atoms in total. The van der Waals surface area contributed by atoms with Crippen molar-refractivity contribution in [2.45, 2.75) is 37.9 Å². The summed E-state index contributed by atoms with van der Waals surface area (Å²) in [6, 6.07) is 9.57. The third kappa shape index (κ3) is 3.20. The van der Waals surface area contributed by atoms with Gasteiger partial charge in [-0.15, -0.1) is 0 Å². The molecule has 2 aromatic rings. The average molecular weight is 287 g/mol. The van der Waals surface area contributed by atoms with E-state index in [2.05, 4.69) is 11.1 Å². The summed E-state index contributed by atoms with van der Waals surface area (Å²) in [5.41, 5.74) is 0.771. The van der Waals surface area contributed by atoms with Crippen LogP contribution < -0.4 is 5.56 Å². The minimum absolute atomic E-state index is 0.0280. The molecule has 0 radical (unpaired) electrons. The van der Waals surface area contributed by atoms with Gasteiger partial charge in [-0.2, -0.15) is 5.26 Å². The molecule has 0 atom stereocenters. The lowest BCUT2D eigenvalue weighted by atomic mass is 10.2. The molecule has 0 unspecified atom stereocenters. The molecule has 0 aliphatic heterocycles. The number of fused-ring (bicyclic) bond motifs is 1. The molecule has 0 N–H and O–H groups in total. The van der Waals surface area contributed by atoms with Crippen LogP contribution in [-0.4, -0.2) is 15.3 Å². The molecule has 0 aliphatic carbocycles. The van der Waals surface area contributed by atoms with Crippen molar-refractivity contribution in [2.75, 3.05) is 5.75 Å². The van der Waals surface area contributed by atoms with Gasteiger partial charge in [0.2, 0.25) is 0 Å². The van der Waals surface area contributed by atoms with Crippen LogP contribution >= 0.6 is 11.8 Å². The lowest BCUT2D eigenvalue weighted by Crippen LogP contribution is -2.23. The van der Waals surface area contributed by atoms with Crippen LogP contribution in [0.2, 0.25) is 0 Å². The van der Waals surface area contributed by atoms with Gasteiger partial charge >= 0.3 is 0 Å². The summed E-state index contributed by atoms with van der Waals surface area (Å²) in [4.78, 5) is 17.1. The number of hydrogen-bond donors (Lipinski definition) is 0. The molecule has 1 aromatic heterocycles. The van der Waals surface area contributed by atoms with Gasteiger partial charge < -0.3 is 0 Å². The minimum atomic E-state index is 0.0280. The first-order valence-electron chi connectivity index (χ1n) is 6.77. The predicted octanol–water partition coefficient (Wildman–Crippen LogP) is 3.20. The zero-order valence-corrected chi connectivity index (χ0v) is 12.3. The largest absolute Gasteiger partial charge is 0.287 e. The molecule has 0 bridgehead atoms. The second-order valence-corrected chi connectivity index (χ2v) is 5.54. The minimum Gasteiger partial charge on any atom is -0.287 e. The molecular formula is C15H17N3OS. The van der Waals surface area contributed by atoms with Crippen molar-refractivity contribution in [1.29, 1.82) is 5.26 Å². The second kappa shape index (κ2) is 7.11. The fourth-order valence-corrected chi connectivity index (χ4v) is 2.96. The highest BCUT2D eigenvalue weighted by atomic mass is 32.2. The van der Waals surface area contributed by atoms with Gasteiger partial charge in [0, 0.05) is 18.7 Å². The Hall–Kier alpha value is -1.80. The van der Waals surface area contributed by atoms with E-state index >= 15 is 0 Å². The van der Waals surface area contributed by atoms with Gasteiger partial charge in [0.15, 0.2) is 5.16 Å². The van der Waals surface area contributed by atoms with E-state index in [4.69, 9.17) is 5.26 Å². The van der Waals surface area contributed by atoms with E-state index < -0.39 is 0 Å². The summed E-state index contributed by atoms with van der Waals surface area (Å²) in [6.07, 6.45) is 2.25. The molecule has 0 saturated heterocycles. The van der Waals surface area contributed by atoms with Crippen molar-refractivity contribution in [1.82, 2.24) is 9.55 Å². The molecule has 0 fully saturated rings. The van der Waals surface area contributed by atoms with Gasteiger partial charge in [-0.1, -0.05) is 30.8 Å². The highest BCUT2D eigenvalue weighted by Gasteiger charge is 2.10. The van der Waals surface area contributed by atoms with Gasteiger partial charge in [0.1, 0.15) is 0 Å². The maximum atomic E-state index is 12.5. The highest BCUT2D eigenvalue weighted by Crippen LogP contribution is 2.19. The van der Waals surface area contributed by atoms with Gasteiger partial charge in [-0.05, 0) is 25.0 Å². The van der Waals surface area contributed by atoms with Crippen molar-refractivity contribution in [3.05, 3.63) is 34.6 Å². The first kappa shape index (κ1) is 14.6. The maximum Gasteiger partial charge on any atom is 0.262 e. The Morgan fingerprint density at radius 1 is 1.40 bits per heavy atom. The summed E-state index contributed by atoms with van der Waals surface area (Å²) in [6.45, 7) is 2.73. The number of nitriles is 1. The van der Waals surface area contributed by atoms with Crippen LogP contribution in [0.1, 0.15) is 26.2 Å². The topological polar surface area (TPSA) is 58.7 Å². The molecule has 0 aliphatic rings. The van der Waals surface area contributed by atoms with Crippen LogP contribution in [0.15, 0.2) is 34.2 Å². The van der Waals surface area contributed by atoms with Crippen molar-refractivity contribution in [3.63, 3.8) is 0 Å². The number of unbranched alkanes of at least 4 members (excludes halogenated alkanes) is 1. The number of thioether (sulfide) groups is 1. The van der Waals surface area contributed by atoms with E-state index in [0.717, 1.165) is 29.3 Å². The van der Waals surface area contributed by atoms with Crippen LogP contribution in [0.5, 0.6) is 0 Å². The van der Waals surface area contributed by atoms with Crippen LogP contribution in [0, 0.1) is 11.3 Å². The van der Waals surface area contributed by atoms with Crippen molar-refractivity contribution in [3.8, 4) is 6.07 Å². The van der Waals surface area contributed by atoms with Crippen molar-refractivity contribution < 1.29 is 0 Å². The fraction of sp³-hybridized carbons (Fsp3) is 0.400. The molecule has 1 aromatic carbocycles. The van der Waals surface area contributed by atoms with E-state index in [1.165, 1.54) is 0 Å². The zero-order valence-electron chi connectivity index (χ0n) is 11.5. The van der Waals surface area contributed by atoms with Crippen LogP contribution in [0.3, 0.4) is 0 Å². The second-order valence-electron chi connectivity index (χ2n) is 4.48. The van der Waals surface area contributed by atoms with Gasteiger partial charge in [-0.3, -0.25) is 9.36 Å². The van der Waals surface area contributed by atoms with Gasteiger partial charge in [-0.25, -0.2) is 4.98 Å². The third-order valence-electron chi connectivity index (χ3n) is 2.94. The highest BCUT2D eigenvalue weighted by molar-refractivity contribution is 7.99. The summed E-state index contributed by atoms with van der Waals surface area (Å²) >= 11 is 1.56. The molecular weight excluding hydrogens is 270 g/mol. The normalized spacial score (nSPS) is 10.6. The zero-order chi connectivity index (χ0) is 14.4. The predicted molar refractivity (Wildman–Crippen MR) is 81.9 cm³/mol. The molecule has 0 spiro atoms. The Morgan fingerprint density at radius 2 is 2.20 bits per heavy atom. The van der Waals surface area contributed by atoms with Crippen molar-refractivity contribution >= 4 is 22.7 Å². The Morgan fingerprint density at radius 3 is 2.95 bits per heavy atom. The number of hydrogen-bond acceptors (Lipinski definition) is 4. The van der Waals surface area contributed by atoms with Crippen LogP contribution in [-0.2, 0) is 6.54 Å². The summed E-state index contributed by atoms with van der Waals surface area (Å²) in [5, 5.41) is 9.98. The number of benzene rings is 1. The Bertz CT molecular complexity index is 688. The first-order valence-corrected chi connectivity index (χ1v) is 7.75. The lowest BCUT2D eigenvalue weighted by Gasteiger charge is -2.11. The van der Waals surface area contributed by atoms with Gasteiger partial charge in [0.05, 0.1) is 17.0 Å². The standard InChI is InChI=1S/C15H17N3OS/c1-2-10-18-14(19)12-7-3-4-8-13(12)17-15(18)20-11-6-5-9-16/h3-4,7-8H,2,5-6,10-11H2,1H3. The monoisotopic (exact) mass is 287 g/mol. The third-order valence-corrected chi connectivity index (χ3v) is 4.00. The van der Waals surface area contributed by atoms with E-state index in [9.17, 15) is 4.79 Å². The van der Waals surface area contributed by atoms with E-state index in [1.807, 2.05) is 31.2 Å². The Labute approximate surface area is 122 Å². The molecule has 1 heterocycles. The van der Waals surface area contributed by atoms with Gasteiger partial charge in [0.25, 0.3) is 5.56 Å². The molecule has 0 amide bonds. The Kier molecular flexibility index (Phi) is 5.19. The van der Waals surface area contributed by atoms with Crippen LogP contribution in [0.25, 0.3) is 10.9 Å². The number of aromatic nitrogens is 2. The summed E-state index contributed by atoms with van der Waals surface area (Å²) in [5.74, 6) is 0.808. The quantitative estimate of drug-likeness (QED) is 0.465. The van der Waals surface area contributed by atoms with E-state index in [0.29, 0.717) is 18.4 Å². The number of para-hydroxylation sites is 1. The van der Waals surface area contributed by atoms with E-state index in [-0.39, 0.29) is 5.56 Å². The molecule has 0 saturated carbocycles. The van der Waals surface area contributed by atoms with Crippen molar-refractivity contribution in [2.24, 2.45) is 0 Å². The fourth-order valence-electron chi connectivity index (χ4n) is 1.99. The lowest BCUT2D eigenvalue weighted by molar-refractivity contribution is 0.584. The summed E-state index contributed by atoms with van der Waals surface area (Å²) < 4.78 is 1.75. The van der Waals surface area contributed by atoms with E-state index in [1.54, 1.807) is 16.3 Å². The molecule has 2 rings (SSSR count). The smallest absolute Gasteiger partial charge is 0.262 e. The van der Waals surface area contributed by atoms with Crippen LogP contribution in [0.4, 0.5) is 0 Å². The average Bonchev–Trinajstić information content (AvgIpc) is 2.47. The Balaban J connectivity index is 2.38. The summed E-state index contributed by atoms with van der Waals surface area (Å²) in [7, 11) is 0. The maximum absolute atomic E-state index is 12.5. The number of rotatable bonds is 6. The molecule has 20 heavy (non-hydrogen) atoms.